The summed E-state index contributed by atoms with van der Waals surface area (Å²) in [6, 6.07) is 17.3. The molecule has 4 nitrogen and oxygen atoms in total. The van der Waals surface area contributed by atoms with Crippen molar-refractivity contribution in [1.29, 1.82) is 0 Å². The largest absolute Gasteiger partial charge is 0.494 e. The summed E-state index contributed by atoms with van der Waals surface area (Å²) in [5.74, 6) is 0.521. The number of methoxy groups -OCH3 is 1. The topological polar surface area (TPSA) is 51.2 Å². The molecule has 120 valence electrons. The Hall–Kier alpha value is -3.14. The Morgan fingerprint density at radius 1 is 1.08 bits per heavy atom. The van der Waals surface area contributed by atoms with Crippen LogP contribution in [0.4, 0.5) is 5.69 Å². The molecule has 0 spiro atoms. The van der Waals surface area contributed by atoms with Crippen LogP contribution in [0.25, 0.3) is 17.0 Å². The minimum atomic E-state index is -0.194. The van der Waals surface area contributed by atoms with Crippen molar-refractivity contribution in [3.63, 3.8) is 0 Å². The lowest BCUT2D eigenvalue weighted by atomic mass is 10.2. The molecule has 1 N–H and O–H groups in total. The summed E-state index contributed by atoms with van der Waals surface area (Å²) in [5, 5.41) is 3.82. The zero-order chi connectivity index (χ0) is 16.9. The first kappa shape index (κ1) is 15.7. The van der Waals surface area contributed by atoms with Crippen LogP contribution in [0.5, 0.6) is 5.75 Å². The summed E-state index contributed by atoms with van der Waals surface area (Å²) < 4.78 is 5.33. The van der Waals surface area contributed by atoms with E-state index >= 15 is 0 Å². The molecular formula is C20H18N2O2. The highest BCUT2D eigenvalue weighted by Gasteiger charge is 2.03. The van der Waals surface area contributed by atoms with Gasteiger partial charge < -0.3 is 10.1 Å². The number of anilines is 1. The van der Waals surface area contributed by atoms with Crippen LogP contribution in [0.3, 0.4) is 0 Å². The average Bonchev–Trinajstić information content (AvgIpc) is 2.61. The molecule has 1 heterocycles. The number of nitrogens with one attached hydrogen (secondary N) is 1. The number of aryl methyl sites for hydroxylation is 1. The molecule has 3 rings (SSSR count). The fraction of sp³-hybridized carbons (Fsp3) is 0.100. The van der Waals surface area contributed by atoms with Crippen LogP contribution < -0.4 is 10.1 Å². The SMILES string of the molecule is COc1cccc2ccc(/C=C/C(=O)Nc3ccc(C)cc3)nc12. The molecule has 0 saturated carbocycles. The second kappa shape index (κ2) is 6.96. The summed E-state index contributed by atoms with van der Waals surface area (Å²) >= 11 is 0. The van der Waals surface area contributed by atoms with Gasteiger partial charge in [-0.1, -0.05) is 35.9 Å². The van der Waals surface area contributed by atoms with Crippen LogP contribution in [0.15, 0.2) is 60.7 Å². The van der Waals surface area contributed by atoms with E-state index in [-0.39, 0.29) is 5.91 Å². The highest BCUT2D eigenvalue weighted by Crippen LogP contribution is 2.23. The van der Waals surface area contributed by atoms with Crippen molar-refractivity contribution in [3.8, 4) is 5.75 Å². The van der Waals surface area contributed by atoms with Gasteiger partial charge in [-0.2, -0.15) is 0 Å². The molecule has 0 saturated heterocycles. The summed E-state index contributed by atoms with van der Waals surface area (Å²) in [4.78, 5) is 16.6. The lowest BCUT2D eigenvalue weighted by molar-refractivity contribution is -0.111. The zero-order valence-electron chi connectivity index (χ0n) is 13.6. The molecule has 0 aliphatic carbocycles. The van der Waals surface area contributed by atoms with E-state index in [1.807, 2.05) is 61.5 Å². The van der Waals surface area contributed by atoms with E-state index < -0.39 is 0 Å². The smallest absolute Gasteiger partial charge is 0.248 e. The van der Waals surface area contributed by atoms with Gasteiger partial charge >= 0.3 is 0 Å². The Bertz CT molecular complexity index is 899. The van der Waals surface area contributed by atoms with Crippen LogP contribution >= 0.6 is 0 Å². The van der Waals surface area contributed by atoms with E-state index in [1.165, 1.54) is 6.08 Å². The summed E-state index contributed by atoms with van der Waals surface area (Å²) in [5.41, 5.74) is 3.40. The van der Waals surface area contributed by atoms with Crippen LogP contribution in [-0.4, -0.2) is 18.0 Å². The van der Waals surface area contributed by atoms with E-state index in [1.54, 1.807) is 13.2 Å². The molecule has 4 heteroatoms. The lowest BCUT2D eigenvalue weighted by Gasteiger charge is -2.05. The third-order valence-corrected chi connectivity index (χ3v) is 3.65. The molecule has 0 radical (unpaired) electrons. The van der Waals surface area contributed by atoms with Crippen LogP contribution in [0, 0.1) is 6.92 Å². The molecule has 0 unspecified atom stereocenters. The molecule has 3 aromatic rings. The number of para-hydroxylation sites is 1. The first-order chi connectivity index (χ1) is 11.7. The number of fused-ring (bicyclic) bond motifs is 1. The molecule has 1 aromatic heterocycles. The maximum atomic E-state index is 12.0. The number of hydrogen-bond acceptors (Lipinski definition) is 3. The molecule has 0 aliphatic heterocycles. The number of nitrogens with zero attached hydrogens (tertiary/aromatic N) is 1. The number of amides is 1. The van der Waals surface area contributed by atoms with Crippen molar-refractivity contribution in [2.24, 2.45) is 0 Å². The van der Waals surface area contributed by atoms with Crippen molar-refractivity contribution < 1.29 is 9.53 Å². The van der Waals surface area contributed by atoms with Gasteiger partial charge in [-0.05, 0) is 37.3 Å². The summed E-state index contributed by atoms with van der Waals surface area (Å²) in [7, 11) is 1.62. The van der Waals surface area contributed by atoms with Crippen LogP contribution in [0.1, 0.15) is 11.3 Å². The Balaban J connectivity index is 1.77. The number of ether oxygens (including phenoxy) is 1. The number of hydrogen-bond donors (Lipinski definition) is 1. The highest BCUT2D eigenvalue weighted by atomic mass is 16.5. The predicted molar refractivity (Wildman–Crippen MR) is 97.1 cm³/mol. The predicted octanol–water partition coefficient (Wildman–Crippen LogP) is 4.20. The fourth-order valence-corrected chi connectivity index (χ4v) is 2.37. The van der Waals surface area contributed by atoms with E-state index in [0.29, 0.717) is 11.4 Å². The van der Waals surface area contributed by atoms with E-state index in [0.717, 1.165) is 22.2 Å². The van der Waals surface area contributed by atoms with Crippen LogP contribution in [0.2, 0.25) is 0 Å². The van der Waals surface area contributed by atoms with Gasteiger partial charge in [0.1, 0.15) is 11.3 Å². The molecule has 0 bridgehead atoms. The zero-order valence-corrected chi connectivity index (χ0v) is 13.6. The number of rotatable bonds is 4. The average molecular weight is 318 g/mol. The molecule has 2 aromatic carbocycles. The molecule has 0 fully saturated rings. The third kappa shape index (κ3) is 3.60. The summed E-state index contributed by atoms with van der Waals surface area (Å²) in [6.07, 6.45) is 3.17. The number of carbonyl (C=O) groups excluding carboxylic acids is 1. The Morgan fingerprint density at radius 3 is 2.62 bits per heavy atom. The van der Waals surface area contributed by atoms with Gasteiger partial charge in [0, 0.05) is 17.1 Å². The molecule has 24 heavy (non-hydrogen) atoms. The van der Waals surface area contributed by atoms with Gasteiger partial charge in [0.05, 0.1) is 12.8 Å². The number of aromatic nitrogens is 1. The van der Waals surface area contributed by atoms with Gasteiger partial charge in [0.25, 0.3) is 0 Å². The van der Waals surface area contributed by atoms with Gasteiger partial charge in [0.15, 0.2) is 0 Å². The van der Waals surface area contributed by atoms with Crippen molar-refractivity contribution in [3.05, 3.63) is 71.9 Å². The standard InChI is InChI=1S/C20H18N2O2/c1-14-6-9-16(10-7-14)21-19(23)13-12-17-11-8-15-4-3-5-18(24-2)20(15)22-17/h3-13H,1-2H3,(H,21,23)/b13-12+. The number of carbonyl (C=O) groups is 1. The normalized spacial score (nSPS) is 10.9. The number of benzene rings is 2. The van der Waals surface area contributed by atoms with Gasteiger partial charge in [-0.3, -0.25) is 4.79 Å². The van der Waals surface area contributed by atoms with Crippen LogP contribution in [-0.2, 0) is 4.79 Å². The minimum absolute atomic E-state index is 0.194. The Morgan fingerprint density at radius 2 is 1.88 bits per heavy atom. The van der Waals surface area contributed by atoms with E-state index in [2.05, 4.69) is 10.3 Å². The highest BCUT2D eigenvalue weighted by molar-refractivity contribution is 6.02. The monoisotopic (exact) mass is 318 g/mol. The molecular weight excluding hydrogens is 300 g/mol. The second-order valence-corrected chi connectivity index (χ2v) is 5.46. The van der Waals surface area contributed by atoms with Gasteiger partial charge in [-0.25, -0.2) is 4.98 Å². The quantitative estimate of drug-likeness (QED) is 0.733. The Labute approximate surface area is 140 Å². The first-order valence-corrected chi connectivity index (χ1v) is 7.65. The van der Waals surface area contributed by atoms with Crippen molar-refractivity contribution >= 4 is 28.6 Å². The Kier molecular flexibility index (Phi) is 4.57. The van der Waals surface area contributed by atoms with E-state index in [9.17, 15) is 4.79 Å². The second-order valence-electron chi connectivity index (χ2n) is 5.46. The van der Waals surface area contributed by atoms with Crippen molar-refractivity contribution in [2.45, 2.75) is 6.92 Å². The molecule has 1 amide bonds. The summed E-state index contributed by atoms with van der Waals surface area (Å²) in [6.45, 7) is 2.01. The van der Waals surface area contributed by atoms with Crippen molar-refractivity contribution in [1.82, 2.24) is 4.98 Å². The molecule has 0 aliphatic rings. The third-order valence-electron chi connectivity index (χ3n) is 3.65. The fourth-order valence-electron chi connectivity index (χ4n) is 2.37. The maximum absolute atomic E-state index is 12.0. The molecule has 0 atom stereocenters. The minimum Gasteiger partial charge on any atom is -0.494 e. The van der Waals surface area contributed by atoms with E-state index in [4.69, 9.17) is 4.74 Å². The van der Waals surface area contributed by atoms with Gasteiger partial charge in [0.2, 0.25) is 5.91 Å². The maximum Gasteiger partial charge on any atom is 0.248 e. The lowest BCUT2D eigenvalue weighted by Crippen LogP contribution is -2.07. The van der Waals surface area contributed by atoms with Gasteiger partial charge in [-0.15, -0.1) is 0 Å². The number of pyridine rings is 1. The first-order valence-electron chi connectivity index (χ1n) is 7.65. The van der Waals surface area contributed by atoms with Crippen molar-refractivity contribution in [2.75, 3.05) is 12.4 Å².